The van der Waals surface area contributed by atoms with E-state index in [9.17, 15) is 23.1 Å². The van der Waals surface area contributed by atoms with E-state index in [0.29, 0.717) is 0 Å². The van der Waals surface area contributed by atoms with Crippen LogP contribution in [0.25, 0.3) is 11.1 Å². The molecule has 1 aliphatic carbocycles. The number of carbonyl (C=O) groups is 2. The number of hydrogen-bond donors (Lipinski definition) is 2. The highest BCUT2D eigenvalue weighted by Crippen LogP contribution is 2.44. The molecule has 1 atom stereocenters. The quantitative estimate of drug-likeness (QED) is 0.662. The van der Waals surface area contributed by atoms with Crippen molar-refractivity contribution >= 4 is 22.1 Å². The maximum Gasteiger partial charge on any atom is 0.407 e. The van der Waals surface area contributed by atoms with Gasteiger partial charge in [-0.2, -0.15) is 0 Å². The van der Waals surface area contributed by atoms with E-state index in [-0.39, 0.29) is 25.5 Å². The highest BCUT2D eigenvalue weighted by molar-refractivity contribution is 7.88. The summed E-state index contributed by atoms with van der Waals surface area (Å²) in [6.07, 6.45) is 0.0939. The van der Waals surface area contributed by atoms with Crippen molar-refractivity contribution in [1.82, 2.24) is 9.62 Å². The molecule has 160 valence electrons. The van der Waals surface area contributed by atoms with Crippen LogP contribution in [0, 0.1) is 0 Å². The molecule has 3 rings (SSSR count). The Balaban J connectivity index is 1.63. The third-order valence-corrected chi connectivity index (χ3v) is 6.55. The Bertz CT molecular complexity index is 1010. The number of rotatable bonds is 8. The number of hydrogen-bond acceptors (Lipinski definition) is 5. The summed E-state index contributed by atoms with van der Waals surface area (Å²) in [4.78, 5) is 23.7. The Labute approximate surface area is 175 Å². The molecule has 1 amide bonds. The molecular weight excluding hydrogens is 408 g/mol. The zero-order valence-electron chi connectivity index (χ0n) is 16.7. The SMILES string of the molecule is CN(CCC(NC(=O)OCC1c2ccccc2-c2ccccc21)C(=O)O)S(C)(=O)=O. The third-order valence-electron chi connectivity index (χ3n) is 5.23. The van der Waals surface area contributed by atoms with Gasteiger partial charge in [-0.1, -0.05) is 48.5 Å². The Morgan fingerprint density at radius 1 is 1.10 bits per heavy atom. The Kier molecular flexibility index (Phi) is 6.42. The fourth-order valence-electron chi connectivity index (χ4n) is 3.52. The standard InChI is InChI=1S/C21H24N2O6S/c1-23(30(2,27)28)12-11-19(20(24)25)22-21(26)29-13-18-16-9-5-3-7-14(16)15-8-4-6-10-17(15)18/h3-10,18-19H,11-13H2,1-2H3,(H,22,26)(H,24,25). The van der Waals surface area contributed by atoms with Gasteiger partial charge < -0.3 is 15.2 Å². The first-order chi connectivity index (χ1) is 14.2. The molecule has 0 aliphatic heterocycles. The molecule has 2 aromatic rings. The number of ether oxygens (including phenoxy) is 1. The number of nitrogens with zero attached hydrogens (tertiary/aromatic N) is 1. The number of benzene rings is 2. The first-order valence-corrected chi connectivity index (χ1v) is 11.3. The van der Waals surface area contributed by atoms with Crippen molar-refractivity contribution in [1.29, 1.82) is 0 Å². The highest BCUT2D eigenvalue weighted by atomic mass is 32.2. The van der Waals surface area contributed by atoms with Gasteiger partial charge in [0.15, 0.2) is 0 Å². The number of nitrogens with one attached hydrogen (secondary N) is 1. The van der Waals surface area contributed by atoms with E-state index < -0.39 is 28.1 Å². The summed E-state index contributed by atoms with van der Waals surface area (Å²) in [5.41, 5.74) is 4.29. The Hall–Kier alpha value is -2.91. The van der Waals surface area contributed by atoms with Gasteiger partial charge in [0.2, 0.25) is 10.0 Å². The summed E-state index contributed by atoms with van der Waals surface area (Å²) in [6, 6.07) is 14.5. The molecule has 0 bridgehead atoms. The molecule has 0 spiro atoms. The van der Waals surface area contributed by atoms with Gasteiger partial charge in [-0.3, -0.25) is 0 Å². The zero-order valence-corrected chi connectivity index (χ0v) is 17.6. The normalized spacial score (nSPS) is 14.1. The van der Waals surface area contributed by atoms with E-state index in [1.165, 1.54) is 7.05 Å². The van der Waals surface area contributed by atoms with Gasteiger partial charge in [0.05, 0.1) is 6.26 Å². The lowest BCUT2D eigenvalue weighted by Crippen LogP contribution is -2.43. The predicted molar refractivity (Wildman–Crippen MR) is 112 cm³/mol. The molecule has 9 heteroatoms. The molecule has 1 aliphatic rings. The van der Waals surface area contributed by atoms with Gasteiger partial charge in [-0.25, -0.2) is 22.3 Å². The van der Waals surface area contributed by atoms with Crippen LogP contribution in [0.1, 0.15) is 23.5 Å². The van der Waals surface area contributed by atoms with Crippen molar-refractivity contribution < 1.29 is 27.9 Å². The van der Waals surface area contributed by atoms with Gasteiger partial charge in [-0.05, 0) is 28.7 Å². The van der Waals surface area contributed by atoms with Crippen LogP contribution in [-0.4, -0.2) is 62.4 Å². The molecule has 30 heavy (non-hydrogen) atoms. The fraction of sp³-hybridized carbons (Fsp3) is 0.333. The average Bonchev–Trinajstić information content (AvgIpc) is 3.02. The summed E-state index contributed by atoms with van der Waals surface area (Å²) in [6.45, 7) is 0.0227. The summed E-state index contributed by atoms with van der Waals surface area (Å²) in [5, 5.41) is 11.7. The van der Waals surface area contributed by atoms with E-state index in [1.54, 1.807) is 0 Å². The lowest BCUT2D eigenvalue weighted by molar-refractivity contribution is -0.139. The number of carboxylic acid groups (broad SMARTS) is 1. The summed E-state index contributed by atoms with van der Waals surface area (Å²) in [5.74, 6) is -1.40. The van der Waals surface area contributed by atoms with Crippen LogP contribution < -0.4 is 5.32 Å². The van der Waals surface area contributed by atoms with Crippen LogP contribution in [-0.2, 0) is 19.6 Å². The lowest BCUT2D eigenvalue weighted by atomic mass is 9.98. The third kappa shape index (κ3) is 4.80. The van der Waals surface area contributed by atoms with Gasteiger partial charge in [-0.15, -0.1) is 0 Å². The fourth-order valence-corrected chi connectivity index (χ4v) is 3.95. The Morgan fingerprint density at radius 3 is 2.13 bits per heavy atom. The molecule has 0 heterocycles. The zero-order chi connectivity index (χ0) is 21.9. The summed E-state index contributed by atoms with van der Waals surface area (Å²) < 4.78 is 29.3. The molecule has 2 aromatic carbocycles. The topological polar surface area (TPSA) is 113 Å². The maximum atomic E-state index is 12.3. The number of carbonyl (C=O) groups excluding carboxylic acids is 1. The highest BCUT2D eigenvalue weighted by Gasteiger charge is 2.30. The van der Waals surface area contributed by atoms with Gasteiger partial charge in [0.1, 0.15) is 12.6 Å². The smallest absolute Gasteiger partial charge is 0.407 e. The van der Waals surface area contributed by atoms with Crippen LogP contribution in [0.5, 0.6) is 0 Å². The van der Waals surface area contributed by atoms with Crippen molar-refractivity contribution in [2.24, 2.45) is 0 Å². The largest absolute Gasteiger partial charge is 0.480 e. The minimum absolute atomic E-state index is 0.0422. The van der Waals surface area contributed by atoms with Crippen molar-refractivity contribution in [3.05, 3.63) is 59.7 Å². The first-order valence-electron chi connectivity index (χ1n) is 9.44. The second-order valence-electron chi connectivity index (χ2n) is 7.23. The van der Waals surface area contributed by atoms with Crippen LogP contribution in [0.2, 0.25) is 0 Å². The molecule has 0 saturated heterocycles. The van der Waals surface area contributed by atoms with E-state index in [1.807, 2.05) is 48.5 Å². The number of sulfonamides is 1. The molecule has 0 aromatic heterocycles. The van der Waals surface area contributed by atoms with Crippen molar-refractivity contribution in [3.8, 4) is 11.1 Å². The monoisotopic (exact) mass is 432 g/mol. The number of carboxylic acids is 1. The maximum absolute atomic E-state index is 12.3. The minimum Gasteiger partial charge on any atom is -0.480 e. The number of fused-ring (bicyclic) bond motifs is 3. The second kappa shape index (κ2) is 8.85. The van der Waals surface area contributed by atoms with Crippen LogP contribution in [0.3, 0.4) is 0 Å². The van der Waals surface area contributed by atoms with Gasteiger partial charge >= 0.3 is 12.1 Å². The van der Waals surface area contributed by atoms with E-state index >= 15 is 0 Å². The van der Waals surface area contributed by atoms with Crippen molar-refractivity contribution in [2.45, 2.75) is 18.4 Å². The molecule has 0 radical (unpaired) electrons. The molecule has 1 unspecified atom stereocenters. The van der Waals surface area contributed by atoms with Crippen molar-refractivity contribution in [2.75, 3.05) is 26.5 Å². The number of amides is 1. The van der Waals surface area contributed by atoms with Gasteiger partial charge in [0.25, 0.3) is 0 Å². The lowest BCUT2D eigenvalue weighted by Gasteiger charge is -2.19. The molecule has 2 N–H and O–H groups in total. The van der Waals surface area contributed by atoms with Crippen LogP contribution in [0.4, 0.5) is 4.79 Å². The van der Waals surface area contributed by atoms with E-state index in [0.717, 1.165) is 32.8 Å². The van der Waals surface area contributed by atoms with E-state index in [4.69, 9.17) is 4.74 Å². The second-order valence-corrected chi connectivity index (χ2v) is 9.32. The van der Waals surface area contributed by atoms with Crippen molar-refractivity contribution in [3.63, 3.8) is 0 Å². The molecule has 0 fully saturated rings. The van der Waals surface area contributed by atoms with Crippen LogP contribution >= 0.6 is 0 Å². The predicted octanol–water partition coefficient (Wildman–Crippen LogP) is 2.26. The first kappa shape index (κ1) is 21.8. The van der Waals surface area contributed by atoms with E-state index in [2.05, 4.69) is 5.32 Å². The minimum atomic E-state index is -3.43. The number of alkyl carbamates (subject to hydrolysis) is 1. The number of aliphatic carboxylic acids is 1. The summed E-state index contributed by atoms with van der Waals surface area (Å²) in [7, 11) is -2.09. The average molecular weight is 432 g/mol. The van der Waals surface area contributed by atoms with Crippen LogP contribution in [0.15, 0.2) is 48.5 Å². The van der Waals surface area contributed by atoms with Gasteiger partial charge in [0, 0.05) is 19.5 Å². The molecular formula is C21H24N2O6S. The molecule has 0 saturated carbocycles. The molecule has 8 nitrogen and oxygen atoms in total. The summed E-state index contributed by atoms with van der Waals surface area (Å²) >= 11 is 0. The Morgan fingerprint density at radius 2 is 1.63 bits per heavy atom.